The summed E-state index contributed by atoms with van der Waals surface area (Å²) in [6.45, 7) is 2.38. The van der Waals surface area contributed by atoms with Crippen LogP contribution in [0.5, 0.6) is 0 Å². The van der Waals surface area contributed by atoms with Gasteiger partial charge in [-0.1, -0.05) is 15.9 Å². The molecule has 2 aromatic rings. The van der Waals surface area contributed by atoms with Crippen LogP contribution in [-0.4, -0.2) is 19.1 Å². The summed E-state index contributed by atoms with van der Waals surface area (Å²) in [5.41, 5.74) is 0.197. The molecule has 0 aliphatic rings. The summed E-state index contributed by atoms with van der Waals surface area (Å²) in [4.78, 5) is 12.4. The average molecular weight is 432 g/mol. The number of nitrogens with one attached hydrogen (secondary N) is 1. The van der Waals surface area contributed by atoms with Gasteiger partial charge in [-0.2, -0.15) is 0 Å². The summed E-state index contributed by atoms with van der Waals surface area (Å²) in [6, 6.07) is 8.78. The Morgan fingerprint density at radius 2 is 1.60 bits per heavy atom. The molecule has 0 heterocycles. The van der Waals surface area contributed by atoms with E-state index in [-0.39, 0.29) is 17.0 Å². The molecule has 25 heavy (non-hydrogen) atoms. The maximum Gasteiger partial charge on any atom is 0.241 e. The number of carbonyl (C=O) groups excluding carboxylic acids is 1. The van der Waals surface area contributed by atoms with E-state index in [1.54, 1.807) is 12.1 Å². The maximum absolute atomic E-state index is 13.2. The van der Waals surface area contributed by atoms with E-state index in [9.17, 15) is 22.0 Å². The molecule has 0 aromatic heterocycles. The Balaban J connectivity index is 2.20. The highest BCUT2D eigenvalue weighted by atomic mass is 79.9. The molecule has 0 atom stereocenters. The van der Waals surface area contributed by atoms with Crippen molar-refractivity contribution >= 4 is 31.7 Å². The van der Waals surface area contributed by atoms with E-state index in [1.807, 2.05) is 0 Å². The molecule has 0 aliphatic heterocycles. The summed E-state index contributed by atoms with van der Waals surface area (Å²) in [6.07, 6.45) is 0. The monoisotopic (exact) mass is 431 g/mol. The third kappa shape index (κ3) is 4.24. The minimum Gasteiger partial charge on any atom is -0.351 e. The minimum absolute atomic E-state index is 0.00708. The lowest BCUT2D eigenvalue weighted by molar-refractivity contribution is -0.123. The Morgan fingerprint density at radius 3 is 2.12 bits per heavy atom. The predicted molar refractivity (Wildman–Crippen MR) is 93.6 cm³/mol. The van der Waals surface area contributed by atoms with Crippen molar-refractivity contribution in [1.82, 2.24) is 5.32 Å². The van der Waals surface area contributed by atoms with Gasteiger partial charge in [0.05, 0.1) is 4.90 Å². The highest BCUT2D eigenvalue weighted by Gasteiger charge is 2.42. The third-order valence-electron chi connectivity index (χ3n) is 3.72. The molecule has 0 spiro atoms. The van der Waals surface area contributed by atoms with E-state index in [0.29, 0.717) is 10.5 Å². The molecule has 0 unspecified atom stereocenters. The number of benzene rings is 2. The topological polar surface area (TPSA) is 63.2 Å². The van der Waals surface area contributed by atoms with Crippen LogP contribution in [0.1, 0.15) is 19.4 Å². The zero-order valence-electron chi connectivity index (χ0n) is 13.5. The van der Waals surface area contributed by atoms with Gasteiger partial charge >= 0.3 is 0 Å². The molecule has 1 amide bonds. The Labute approximate surface area is 153 Å². The summed E-state index contributed by atoms with van der Waals surface area (Å²) < 4.78 is 50.8. The quantitative estimate of drug-likeness (QED) is 0.786. The molecule has 0 saturated heterocycles. The first-order valence-electron chi connectivity index (χ1n) is 7.27. The second kappa shape index (κ2) is 7.21. The van der Waals surface area contributed by atoms with Crippen molar-refractivity contribution in [2.75, 3.05) is 0 Å². The highest BCUT2D eigenvalue weighted by Crippen LogP contribution is 2.27. The van der Waals surface area contributed by atoms with E-state index in [4.69, 9.17) is 0 Å². The van der Waals surface area contributed by atoms with Crippen LogP contribution in [0.25, 0.3) is 0 Å². The molecule has 134 valence electrons. The van der Waals surface area contributed by atoms with Crippen molar-refractivity contribution in [1.29, 1.82) is 0 Å². The number of hydrogen-bond donors (Lipinski definition) is 1. The number of sulfone groups is 1. The van der Waals surface area contributed by atoms with Gasteiger partial charge in [0.15, 0.2) is 9.84 Å². The second-order valence-electron chi connectivity index (χ2n) is 5.93. The number of halogens is 3. The summed E-state index contributed by atoms with van der Waals surface area (Å²) >= 11 is 3.22. The first kappa shape index (κ1) is 19.5. The summed E-state index contributed by atoms with van der Waals surface area (Å²) in [5.74, 6) is -2.31. The van der Waals surface area contributed by atoms with Gasteiger partial charge in [0.25, 0.3) is 0 Å². The number of carbonyl (C=O) groups is 1. The van der Waals surface area contributed by atoms with Gasteiger partial charge in [-0.05, 0) is 55.8 Å². The van der Waals surface area contributed by atoms with Gasteiger partial charge < -0.3 is 5.32 Å². The second-order valence-corrected chi connectivity index (χ2v) is 9.34. The average Bonchev–Trinajstić information content (AvgIpc) is 2.51. The molecule has 1 N–H and O–H groups in total. The lowest BCUT2D eigenvalue weighted by atomic mass is 10.1. The van der Waals surface area contributed by atoms with E-state index >= 15 is 0 Å². The zero-order valence-corrected chi connectivity index (χ0v) is 15.9. The lowest BCUT2D eigenvalue weighted by Crippen LogP contribution is -2.47. The summed E-state index contributed by atoms with van der Waals surface area (Å²) in [7, 11) is -3.96. The first-order valence-corrected chi connectivity index (χ1v) is 9.55. The van der Waals surface area contributed by atoms with Crippen molar-refractivity contribution in [3.8, 4) is 0 Å². The van der Waals surface area contributed by atoms with Crippen LogP contribution in [0.4, 0.5) is 8.78 Å². The molecule has 0 fully saturated rings. The molecule has 2 aromatic carbocycles. The number of rotatable bonds is 5. The van der Waals surface area contributed by atoms with Crippen LogP contribution in [0.15, 0.2) is 51.8 Å². The van der Waals surface area contributed by atoms with Gasteiger partial charge in [0.1, 0.15) is 16.4 Å². The molecule has 0 saturated carbocycles. The van der Waals surface area contributed by atoms with Crippen molar-refractivity contribution in [3.63, 3.8) is 0 Å². The maximum atomic E-state index is 13.2. The fraction of sp³-hybridized carbons (Fsp3) is 0.235. The Morgan fingerprint density at radius 1 is 1.08 bits per heavy atom. The molecule has 0 bridgehead atoms. The zero-order chi connectivity index (χ0) is 18.8. The summed E-state index contributed by atoms with van der Waals surface area (Å²) in [5, 5.41) is 2.42. The fourth-order valence-corrected chi connectivity index (χ4v) is 3.80. The van der Waals surface area contributed by atoms with Crippen LogP contribution in [0.3, 0.4) is 0 Å². The molecule has 8 heteroatoms. The van der Waals surface area contributed by atoms with Gasteiger partial charge in [-0.15, -0.1) is 0 Å². The normalized spacial score (nSPS) is 12.0. The van der Waals surface area contributed by atoms with Crippen LogP contribution in [0, 0.1) is 11.6 Å². The SMILES string of the molecule is CC(C)(C(=O)NCc1cc(F)cc(F)c1)S(=O)(=O)c1ccc(Br)cc1. The van der Waals surface area contributed by atoms with Crippen LogP contribution in [-0.2, 0) is 21.2 Å². The van der Waals surface area contributed by atoms with E-state index in [1.165, 1.54) is 26.0 Å². The molecule has 2 rings (SSSR count). The fourth-order valence-electron chi connectivity index (χ4n) is 2.14. The lowest BCUT2D eigenvalue weighted by Gasteiger charge is -2.24. The van der Waals surface area contributed by atoms with Crippen molar-refractivity contribution in [2.24, 2.45) is 0 Å². The van der Waals surface area contributed by atoms with Crippen LogP contribution in [0.2, 0.25) is 0 Å². The Kier molecular flexibility index (Phi) is 5.63. The van der Waals surface area contributed by atoms with Crippen LogP contribution >= 0.6 is 15.9 Å². The molecule has 0 radical (unpaired) electrons. The largest absolute Gasteiger partial charge is 0.351 e. The van der Waals surface area contributed by atoms with E-state index < -0.39 is 32.1 Å². The van der Waals surface area contributed by atoms with Gasteiger partial charge in [-0.25, -0.2) is 17.2 Å². The van der Waals surface area contributed by atoms with Gasteiger partial charge in [0.2, 0.25) is 5.91 Å². The Bertz CT molecular complexity index is 876. The predicted octanol–water partition coefficient (Wildman–Crippen LogP) is 3.60. The van der Waals surface area contributed by atoms with Gasteiger partial charge in [-0.3, -0.25) is 4.79 Å². The Hall–Kier alpha value is -1.80. The van der Waals surface area contributed by atoms with Gasteiger partial charge in [0, 0.05) is 17.1 Å². The van der Waals surface area contributed by atoms with E-state index in [2.05, 4.69) is 21.2 Å². The smallest absolute Gasteiger partial charge is 0.241 e. The molecule has 0 aliphatic carbocycles. The molecule has 4 nitrogen and oxygen atoms in total. The van der Waals surface area contributed by atoms with E-state index in [0.717, 1.165) is 12.1 Å². The molecular weight excluding hydrogens is 416 g/mol. The van der Waals surface area contributed by atoms with Crippen LogP contribution < -0.4 is 5.32 Å². The third-order valence-corrected chi connectivity index (χ3v) is 6.67. The molecular formula is C17H16BrF2NO3S. The number of hydrogen-bond acceptors (Lipinski definition) is 3. The highest BCUT2D eigenvalue weighted by molar-refractivity contribution is 9.10. The number of amides is 1. The minimum atomic E-state index is -3.96. The first-order chi connectivity index (χ1) is 11.5. The standard InChI is InChI=1S/C17H16BrF2NO3S/c1-17(2,25(23,24)15-5-3-12(18)4-6-15)16(22)21-10-11-7-13(19)9-14(20)8-11/h3-9H,10H2,1-2H3,(H,21,22). The van der Waals surface area contributed by atoms with Crippen molar-refractivity contribution in [2.45, 2.75) is 30.0 Å². The van der Waals surface area contributed by atoms with Crippen molar-refractivity contribution in [3.05, 3.63) is 64.1 Å². The van der Waals surface area contributed by atoms with Crippen molar-refractivity contribution < 1.29 is 22.0 Å².